The fourth-order valence-corrected chi connectivity index (χ4v) is 2.57. The third-order valence-electron chi connectivity index (χ3n) is 3.60. The van der Waals surface area contributed by atoms with Crippen LogP contribution in [0, 0.1) is 0 Å². The quantitative estimate of drug-likeness (QED) is 0.664. The highest BCUT2D eigenvalue weighted by molar-refractivity contribution is 6.21. The van der Waals surface area contributed by atoms with E-state index in [2.05, 4.69) is 0 Å². The van der Waals surface area contributed by atoms with E-state index in [1.54, 1.807) is 36.4 Å². The number of aromatic carboxylic acids is 1. The van der Waals surface area contributed by atoms with E-state index in [0.717, 1.165) is 4.90 Å². The van der Waals surface area contributed by atoms with Gasteiger partial charge in [0.05, 0.1) is 23.2 Å². The van der Waals surface area contributed by atoms with E-state index in [-0.39, 0.29) is 17.8 Å². The second-order valence-electron chi connectivity index (χ2n) is 4.93. The van der Waals surface area contributed by atoms with Crippen LogP contribution in [0.15, 0.2) is 42.5 Å². The molecule has 3 N–H and O–H groups in total. The molecule has 0 unspecified atom stereocenters. The lowest BCUT2D eigenvalue weighted by molar-refractivity contribution is 0.0628. The van der Waals surface area contributed by atoms with Crippen molar-refractivity contribution in [2.24, 2.45) is 0 Å². The van der Waals surface area contributed by atoms with Crippen LogP contribution < -0.4 is 5.73 Å². The molecule has 0 fully saturated rings. The van der Waals surface area contributed by atoms with E-state index in [1.165, 1.54) is 6.07 Å². The molecule has 0 atom stereocenters. The van der Waals surface area contributed by atoms with Gasteiger partial charge in [-0.2, -0.15) is 0 Å². The monoisotopic (exact) mass is 296 g/mol. The van der Waals surface area contributed by atoms with Crippen molar-refractivity contribution in [3.63, 3.8) is 0 Å². The van der Waals surface area contributed by atoms with Gasteiger partial charge in [-0.3, -0.25) is 14.5 Å². The van der Waals surface area contributed by atoms with Gasteiger partial charge in [-0.25, -0.2) is 4.79 Å². The van der Waals surface area contributed by atoms with Crippen molar-refractivity contribution in [2.45, 2.75) is 6.54 Å². The van der Waals surface area contributed by atoms with Crippen molar-refractivity contribution >= 4 is 23.5 Å². The van der Waals surface area contributed by atoms with E-state index in [4.69, 9.17) is 5.73 Å². The minimum atomic E-state index is -1.19. The van der Waals surface area contributed by atoms with Crippen LogP contribution >= 0.6 is 0 Å². The Morgan fingerprint density at radius 1 is 1.00 bits per heavy atom. The van der Waals surface area contributed by atoms with Gasteiger partial charge in [-0.15, -0.1) is 0 Å². The van der Waals surface area contributed by atoms with Crippen LogP contribution in [0.25, 0.3) is 0 Å². The average molecular weight is 296 g/mol. The summed E-state index contributed by atoms with van der Waals surface area (Å²) in [6.45, 7) is -0.126. The van der Waals surface area contributed by atoms with E-state index >= 15 is 0 Å². The second-order valence-corrected chi connectivity index (χ2v) is 4.93. The number of rotatable bonds is 3. The summed E-state index contributed by atoms with van der Waals surface area (Å²) in [5.74, 6) is -2.05. The maximum Gasteiger partial charge on any atom is 0.338 e. The molecule has 1 aliphatic rings. The predicted octanol–water partition coefficient (Wildman–Crippen LogP) is 1.76. The Hall–Kier alpha value is -3.15. The van der Waals surface area contributed by atoms with E-state index < -0.39 is 17.8 Å². The first-order valence-corrected chi connectivity index (χ1v) is 6.56. The first-order chi connectivity index (χ1) is 10.5. The molecular formula is C16H12N2O4. The van der Waals surface area contributed by atoms with Gasteiger partial charge in [-0.1, -0.05) is 24.3 Å². The lowest BCUT2D eigenvalue weighted by atomic mass is 10.1. The van der Waals surface area contributed by atoms with E-state index in [1.807, 2.05) is 0 Å². The molecule has 2 aromatic rings. The maximum atomic E-state index is 12.3. The Balaban J connectivity index is 2.00. The number of carboxylic acid groups (broad SMARTS) is 1. The number of benzene rings is 2. The Kier molecular flexibility index (Phi) is 3.14. The van der Waals surface area contributed by atoms with Crippen molar-refractivity contribution in [1.82, 2.24) is 4.90 Å². The molecular weight excluding hydrogens is 284 g/mol. The minimum Gasteiger partial charge on any atom is -0.478 e. The molecule has 1 heterocycles. The fourth-order valence-electron chi connectivity index (χ4n) is 2.57. The summed E-state index contributed by atoms with van der Waals surface area (Å²) < 4.78 is 0. The molecule has 110 valence electrons. The third-order valence-corrected chi connectivity index (χ3v) is 3.60. The number of nitrogen functional groups attached to an aromatic ring is 1. The van der Waals surface area contributed by atoms with Crippen LogP contribution in [0.2, 0.25) is 0 Å². The fraction of sp³-hybridized carbons (Fsp3) is 0.0625. The van der Waals surface area contributed by atoms with Crippen molar-refractivity contribution in [3.05, 3.63) is 64.7 Å². The molecule has 2 amide bonds. The molecule has 6 heteroatoms. The smallest absolute Gasteiger partial charge is 0.338 e. The molecule has 3 rings (SSSR count). The maximum absolute atomic E-state index is 12.3. The zero-order chi connectivity index (χ0) is 15.9. The normalized spacial score (nSPS) is 13.4. The summed E-state index contributed by atoms with van der Waals surface area (Å²) in [6.07, 6.45) is 0. The largest absolute Gasteiger partial charge is 0.478 e. The molecule has 0 aliphatic carbocycles. The Labute approximate surface area is 125 Å². The van der Waals surface area contributed by atoms with Crippen LogP contribution in [0.1, 0.15) is 36.6 Å². The number of fused-ring (bicyclic) bond motifs is 1. The number of carboxylic acids is 1. The lowest BCUT2D eigenvalue weighted by Crippen LogP contribution is -2.30. The van der Waals surface area contributed by atoms with Crippen LogP contribution in [0.3, 0.4) is 0 Å². The van der Waals surface area contributed by atoms with Gasteiger partial charge >= 0.3 is 5.97 Å². The van der Waals surface area contributed by atoms with Gasteiger partial charge in [0, 0.05) is 5.69 Å². The molecule has 0 saturated heterocycles. The summed E-state index contributed by atoms with van der Waals surface area (Å²) in [6, 6.07) is 11.1. The standard InChI is InChI=1S/C16H12N2O4/c17-12-7-3-4-9(13(12)16(21)22)8-18-14(19)10-5-1-2-6-11(10)15(18)20/h1-7H,8,17H2,(H,21,22). The zero-order valence-electron chi connectivity index (χ0n) is 11.4. The van der Waals surface area contributed by atoms with Crippen molar-refractivity contribution in [1.29, 1.82) is 0 Å². The number of nitrogens with two attached hydrogens (primary N) is 1. The summed E-state index contributed by atoms with van der Waals surface area (Å²) in [5, 5.41) is 9.26. The Bertz CT molecular complexity index is 779. The topological polar surface area (TPSA) is 101 Å². The lowest BCUT2D eigenvalue weighted by Gasteiger charge is -2.16. The molecule has 2 aromatic carbocycles. The van der Waals surface area contributed by atoms with Gasteiger partial charge in [-0.05, 0) is 23.8 Å². The highest BCUT2D eigenvalue weighted by atomic mass is 16.4. The predicted molar refractivity (Wildman–Crippen MR) is 78.5 cm³/mol. The first kappa shape index (κ1) is 13.8. The number of carbonyl (C=O) groups excluding carboxylic acids is 2. The van der Waals surface area contributed by atoms with Crippen LogP contribution in [0.5, 0.6) is 0 Å². The van der Waals surface area contributed by atoms with Crippen LogP contribution in [0.4, 0.5) is 5.69 Å². The van der Waals surface area contributed by atoms with Crippen molar-refractivity contribution in [2.75, 3.05) is 5.73 Å². The second kappa shape index (κ2) is 5.00. The number of imide groups is 1. The van der Waals surface area contributed by atoms with Crippen molar-refractivity contribution in [3.8, 4) is 0 Å². The molecule has 0 radical (unpaired) electrons. The zero-order valence-corrected chi connectivity index (χ0v) is 11.4. The molecule has 0 saturated carbocycles. The molecule has 6 nitrogen and oxygen atoms in total. The number of carbonyl (C=O) groups is 3. The summed E-state index contributed by atoms with van der Waals surface area (Å²) in [4.78, 5) is 37.0. The highest BCUT2D eigenvalue weighted by Crippen LogP contribution is 2.26. The van der Waals surface area contributed by atoms with Crippen LogP contribution in [-0.2, 0) is 6.54 Å². The van der Waals surface area contributed by atoms with Gasteiger partial charge in [0.25, 0.3) is 11.8 Å². The molecule has 0 spiro atoms. The molecule has 0 bridgehead atoms. The van der Waals surface area contributed by atoms with E-state index in [9.17, 15) is 19.5 Å². The SMILES string of the molecule is Nc1cccc(CN2C(=O)c3ccccc3C2=O)c1C(=O)O. The molecule has 0 aromatic heterocycles. The van der Waals surface area contributed by atoms with Crippen LogP contribution in [-0.4, -0.2) is 27.8 Å². The van der Waals surface area contributed by atoms with Gasteiger partial charge < -0.3 is 10.8 Å². The minimum absolute atomic E-state index is 0.0842. The van der Waals surface area contributed by atoms with Gasteiger partial charge in [0.2, 0.25) is 0 Å². The number of anilines is 1. The highest BCUT2D eigenvalue weighted by Gasteiger charge is 2.35. The number of nitrogens with zero attached hydrogens (tertiary/aromatic N) is 1. The van der Waals surface area contributed by atoms with Crippen molar-refractivity contribution < 1.29 is 19.5 Å². The van der Waals surface area contributed by atoms with Gasteiger partial charge in [0.15, 0.2) is 0 Å². The summed E-state index contributed by atoms with van der Waals surface area (Å²) >= 11 is 0. The Morgan fingerprint density at radius 3 is 2.14 bits per heavy atom. The average Bonchev–Trinajstić information content (AvgIpc) is 2.73. The van der Waals surface area contributed by atoms with Gasteiger partial charge in [0.1, 0.15) is 0 Å². The van der Waals surface area contributed by atoms with E-state index in [0.29, 0.717) is 16.7 Å². The Morgan fingerprint density at radius 2 is 1.59 bits per heavy atom. The molecule has 1 aliphatic heterocycles. The number of hydrogen-bond acceptors (Lipinski definition) is 4. The number of amides is 2. The summed E-state index contributed by atoms with van der Waals surface area (Å²) in [5.41, 5.74) is 6.67. The number of hydrogen-bond donors (Lipinski definition) is 2. The third kappa shape index (κ3) is 2.01. The summed E-state index contributed by atoms with van der Waals surface area (Å²) in [7, 11) is 0. The first-order valence-electron chi connectivity index (χ1n) is 6.56. The molecule has 22 heavy (non-hydrogen) atoms.